The Morgan fingerprint density at radius 3 is 2.73 bits per heavy atom. The van der Waals surface area contributed by atoms with Crippen LogP contribution in [0.1, 0.15) is 59.5 Å². The predicted molar refractivity (Wildman–Crippen MR) is 109 cm³/mol. The van der Waals surface area contributed by atoms with Gasteiger partial charge >= 0.3 is 6.18 Å². The van der Waals surface area contributed by atoms with Crippen molar-refractivity contribution < 1.29 is 22.5 Å². The first-order valence-electron chi connectivity index (χ1n) is 10.4. The van der Waals surface area contributed by atoms with Gasteiger partial charge in [0.05, 0.1) is 12.1 Å². The number of piperidine rings is 1. The molecular weight excluding hydrogens is 439 g/mol. The van der Waals surface area contributed by atoms with E-state index < -0.39 is 11.7 Å². The Hall–Kier alpha value is -3.57. The highest BCUT2D eigenvalue weighted by molar-refractivity contribution is 5.92. The third kappa shape index (κ3) is 5.26. The number of hydrogen-bond donors (Lipinski definition) is 0. The van der Waals surface area contributed by atoms with Gasteiger partial charge in [0.25, 0.3) is 0 Å². The van der Waals surface area contributed by atoms with E-state index in [-0.39, 0.29) is 18.5 Å². The first kappa shape index (κ1) is 22.6. The zero-order chi connectivity index (χ0) is 23.6. The minimum absolute atomic E-state index is 0.0216. The van der Waals surface area contributed by atoms with Gasteiger partial charge in [-0.25, -0.2) is 0 Å². The molecule has 2 aromatic heterocycles. The highest BCUT2D eigenvalue weighted by Crippen LogP contribution is 2.32. The predicted octanol–water partition coefficient (Wildman–Crippen LogP) is 3.51. The molecule has 0 spiro atoms. The van der Waals surface area contributed by atoms with Crippen molar-refractivity contribution in [1.29, 1.82) is 0 Å². The van der Waals surface area contributed by atoms with Crippen LogP contribution in [0.5, 0.6) is 0 Å². The second kappa shape index (κ2) is 9.12. The Kier molecular flexibility index (Phi) is 6.25. The molecular formula is C21H22F3N7O2. The molecule has 12 heteroatoms. The number of carbonyl (C=O) groups excluding carboxylic acids is 1. The van der Waals surface area contributed by atoms with E-state index in [9.17, 15) is 18.0 Å². The molecule has 1 atom stereocenters. The van der Waals surface area contributed by atoms with Gasteiger partial charge in [-0.2, -0.15) is 23.0 Å². The molecule has 1 fully saturated rings. The summed E-state index contributed by atoms with van der Waals surface area (Å²) >= 11 is 0. The van der Waals surface area contributed by atoms with Crippen LogP contribution < -0.4 is 0 Å². The lowest BCUT2D eigenvalue weighted by Gasteiger charge is -2.32. The summed E-state index contributed by atoms with van der Waals surface area (Å²) in [7, 11) is 0. The average molecular weight is 461 g/mol. The van der Waals surface area contributed by atoms with Gasteiger partial charge in [-0.05, 0) is 67.7 Å². The number of tetrazole rings is 1. The number of rotatable bonds is 5. The van der Waals surface area contributed by atoms with Crippen LogP contribution in [-0.2, 0) is 17.5 Å². The molecule has 1 saturated heterocycles. The largest absolute Gasteiger partial charge is 0.416 e. The van der Waals surface area contributed by atoms with E-state index >= 15 is 0 Å². The van der Waals surface area contributed by atoms with Gasteiger partial charge in [-0.3, -0.25) is 4.79 Å². The lowest BCUT2D eigenvalue weighted by atomic mass is 10.0. The van der Waals surface area contributed by atoms with Crippen LogP contribution in [0.2, 0.25) is 0 Å². The van der Waals surface area contributed by atoms with Crippen molar-refractivity contribution >= 4 is 12.0 Å². The number of alkyl halides is 3. The molecule has 1 aliphatic heterocycles. The summed E-state index contributed by atoms with van der Waals surface area (Å²) in [6.07, 6.45) is 0.824. The Balaban J connectivity index is 1.59. The smallest absolute Gasteiger partial charge is 0.337 e. The highest BCUT2D eigenvalue weighted by Gasteiger charge is 2.32. The molecule has 9 nitrogen and oxygen atoms in total. The Labute approximate surface area is 187 Å². The fourth-order valence-corrected chi connectivity index (χ4v) is 3.78. The fourth-order valence-electron chi connectivity index (χ4n) is 3.78. The Morgan fingerprint density at radius 1 is 1.24 bits per heavy atom. The minimum Gasteiger partial charge on any atom is -0.337 e. The van der Waals surface area contributed by atoms with Gasteiger partial charge in [-0.15, -0.1) is 10.2 Å². The zero-order valence-corrected chi connectivity index (χ0v) is 18.1. The number of carbonyl (C=O) groups is 1. The van der Waals surface area contributed by atoms with Crippen LogP contribution in [0.15, 0.2) is 28.8 Å². The number of aromatic nitrogens is 6. The van der Waals surface area contributed by atoms with Crippen LogP contribution in [-0.4, -0.2) is 47.7 Å². The molecule has 3 heterocycles. The monoisotopic (exact) mass is 461 g/mol. The van der Waals surface area contributed by atoms with Crippen LogP contribution in [0.4, 0.5) is 13.2 Å². The van der Waals surface area contributed by atoms with E-state index in [0.717, 1.165) is 25.0 Å². The van der Waals surface area contributed by atoms with E-state index in [4.69, 9.17) is 4.52 Å². The van der Waals surface area contributed by atoms with Crippen molar-refractivity contribution in [3.63, 3.8) is 0 Å². The van der Waals surface area contributed by atoms with Gasteiger partial charge < -0.3 is 9.42 Å². The molecule has 0 N–H and O–H groups in total. The van der Waals surface area contributed by atoms with Crippen LogP contribution in [0.25, 0.3) is 6.08 Å². The molecule has 0 aliphatic carbocycles. The van der Waals surface area contributed by atoms with Gasteiger partial charge in [0.2, 0.25) is 11.8 Å². The molecule has 0 bridgehead atoms. The van der Waals surface area contributed by atoms with Gasteiger partial charge in [0, 0.05) is 12.6 Å². The van der Waals surface area contributed by atoms with E-state index in [2.05, 4.69) is 25.6 Å². The molecule has 33 heavy (non-hydrogen) atoms. The maximum absolute atomic E-state index is 13.3. The molecule has 1 amide bonds. The average Bonchev–Trinajstić information content (AvgIpc) is 3.39. The zero-order valence-electron chi connectivity index (χ0n) is 18.1. The van der Waals surface area contributed by atoms with Gasteiger partial charge in [0.15, 0.2) is 11.6 Å². The first-order chi connectivity index (χ1) is 15.7. The number of likely N-dealkylation sites (tertiary alicyclic amines) is 1. The van der Waals surface area contributed by atoms with Crippen molar-refractivity contribution in [2.75, 3.05) is 6.54 Å². The van der Waals surface area contributed by atoms with E-state index in [1.165, 1.54) is 23.0 Å². The second-order valence-electron chi connectivity index (χ2n) is 7.83. The molecule has 1 aromatic carbocycles. The van der Waals surface area contributed by atoms with Crippen LogP contribution >= 0.6 is 0 Å². The van der Waals surface area contributed by atoms with Crippen LogP contribution in [0.3, 0.4) is 0 Å². The fraction of sp³-hybridized carbons (Fsp3) is 0.429. The maximum Gasteiger partial charge on any atom is 0.416 e. The number of hydrogen-bond acceptors (Lipinski definition) is 7. The SMILES string of the molecule is Cc1noc([C@@H]2CCCCN2C(=O)C=Cc2ccc(C(F)(F)F)cc2Cn2nnc(C)n2)n1. The number of halogens is 3. The quantitative estimate of drug-likeness (QED) is 0.536. The number of benzene rings is 1. The van der Waals surface area contributed by atoms with Gasteiger partial charge in [-0.1, -0.05) is 11.2 Å². The first-order valence-corrected chi connectivity index (χ1v) is 10.4. The third-order valence-electron chi connectivity index (χ3n) is 5.35. The van der Waals surface area contributed by atoms with Crippen LogP contribution in [0, 0.1) is 13.8 Å². The second-order valence-corrected chi connectivity index (χ2v) is 7.83. The van der Waals surface area contributed by atoms with E-state index in [1.807, 2.05) is 0 Å². The third-order valence-corrected chi connectivity index (χ3v) is 5.35. The van der Waals surface area contributed by atoms with Crippen molar-refractivity contribution in [3.8, 4) is 0 Å². The number of nitrogens with zero attached hydrogens (tertiary/aromatic N) is 7. The maximum atomic E-state index is 13.3. The normalized spacial score (nSPS) is 17.1. The summed E-state index contributed by atoms with van der Waals surface area (Å²) in [6.45, 7) is 3.85. The summed E-state index contributed by atoms with van der Waals surface area (Å²) in [5.74, 6) is 0.999. The molecule has 3 aromatic rings. The topological polar surface area (TPSA) is 103 Å². The van der Waals surface area contributed by atoms with E-state index in [0.29, 0.717) is 41.6 Å². The summed E-state index contributed by atoms with van der Waals surface area (Å²) in [5, 5.41) is 15.4. The van der Waals surface area contributed by atoms with E-state index in [1.54, 1.807) is 18.7 Å². The van der Waals surface area contributed by atoms with Crippen molar-refractivity contribution in [2.45, 2.75) is 51.9 Å². The lowest BCUT2D eigenvalue weighted by molar-refractivity contribution is -0.137. The van der Waals surface area contributed by atoms with Crippen molar-refractivity contribution in [1.82, 2.24) is 35.2 Å². The molecule has 0 saturated carbocycles. The van der Waals surface area contributed by atoms with Gasteiger partial charge in [0.1, 0.15) is 6.04 Å². The lowest BCUT2D eigenvalue weighted by Crippen LogP contribution is -2.37. The number of amides is 1. The summed E-state index contributed by atoms with van der Waals surface area (Å²) in [6, 6.07) is 3.03. The number of aryl methyl sites for hydroxylation is 2. The summed E-state index contributed by atoms with van der Waals surface area (Å²) in [5.41, 5.74) is -0.0248. The minimum atomic E-state index is -4.50. The van der Waals surface area contributed by atoms with Crippen molar-refractivity contribution in [3.05, 3.63) is 58.5 Å². The Bertz CT molecular complexity index is 1170. The molecule has 174 valence electrons. The molecule has 4 rings (SSSR count). The molecule has 0 radical (unpaired) electrons. The summed E-state index contributed by atoms with van der Waals surface area (Å²) < 4.78 is 45.0. The summed E-state index contributed by atoms with van der Waals surface area (Å²) in [4.78, 5) is 20.1. The van der Waals surface area contributed by atoms with Crippen molar-refractivity contribution in [2.24, 2.45) is 0 Å². The Morgan fingerprint density at radius 2 is 2.06 bits per heavy atom. The molecule has 0 unspecified atom stereocenters. The highest BCUT2D eigenvalue weighted by atomic mass is 19.4. The standard InChI is InChI=1S/C21H22F3N7O2/c1-13-25-20(33-28-13)18-5-3-4-10-30(18)19(32)9-7-15-6-8-17(21(22,23)24)11-16(15)12-31-27-14(2)26-29-31/h6-9,11,18H,3-5,10,12H2,1-2H3/t18-/m0/s1. The molecule has 1 aliphatic rings.